The number of hydrogen-bond acceptors (Lipinski definition) is 5. The topological polar surface area (TPSA) is 54.0 Å². The van der Waals surface area contributed by atoms with Crippen LogP contribution in [0.1, 0.15) is 0 Å². The first-order chi connectivity index (χ1) is 2.89. The molecule has 0 aliphatic carbocycles. The van der Waals surface area contributed by atoms with Gasteiger partial charge in [0.05, 0.1) is 0 Å². The molecular formula is CO5. The molecule has 1 heterocycles. The minimum absolute atomic E-state index is 0.991. The lowest BCUT2D eigenvalue weighted by Gasteiger charge is -1.66. The van der Waals surface area contributed by atoms with Gasteiger partial charge >= 0.3 is 6.16 Å². The lowest BCUT2D eigenvalue weighted by atomic mass is 11.4. The molecule has 6 heavy (non-hydrogen) atoms. The normalized spacial score (nSPS) is 19.7. The van der Waals surface area contributed by atoms with Gasteiger partial charge in [0.15, 0.2) is 0 Å². The summed E-state index contributed by atoms with van der Waals surface area (Å²) < 4.78 is 0. The summed E-state index contributed by atoms with van der Waals surface area (Å²) in [6.45, 7) is 0. The van der Waals surface area contributed by atoms with E-state index in [0.29, 0.717) is 0 Å². The SMILES string of the molecule is O=C1OOOO1. The highest BCUT2D eigenvalue weighted by molar-refractivity contribution is 5.58. The van der Waals surface area contributed by atoms with Gasteiger partial charge in [-0.15, -0.1) is 0 Å². The molecular weight excluding hydrogens is 92.0 g/mol. The molecule has 5 nitrogen and oxygen atoms in total. The van der Waals surface area contributed by atoms with Gasteiger partial charge in [-0.1, -0.05) is 0 Å². The van der Waals surface area contributed by atoms with Crippen molar-refractivity contribution < 1.29 is 24.6 Å². The second-order valence-corrected chi connectivity index (χ2v) is 0.553. The summed E-state index contributed by atoms with van der Waals surface area (Å²) >= 11 is 0. The van der Waals surface area contributed by atoms with E-state index in [-0.39, 0.29) is 0 Å². The molecule has 1 aliphatic heterocycles. The molecule has 0 aromatic carbocycles. The van der Waals surface area contributed by atoms with Crippen molar-refractivity contribution >= 4 is 6.16 Å². The van der Waals surface area contributed by atoms with Gasteiger partial charge in [-0.3, -0.25) is 0 Å². The van der Waals surface area contributed by atoms with Crippen LogP contribution in [0, 0.1) is 0 Å². The first-order valence-electron chi connectivity index (χ1n) is 1.11. The van der Waals surface area contributed by atoms with Crippen molar-refractivity contribution in [2.24, 2.45) is 0 Å². The van der Waals surface area contributed by atoms with E-state index in [9.17, 15) is 4.79 Å². The van der Waals surface area contributed by atoms with Crippen LogP contribution in [-0.2, 0) is 19.9 Å². The van der Waals surface area contributed by atoms with Gasteiger partial charge in [0.2, 0.25) is 0 Å². The zero-order valence-corrected chi connectivity index (χ0v) is 2.54. The summed E-state index contributed by atoms with van der Waals surface area (Å²) in [5.41, 5.74) is 0. The van der Waals surface area contributed by atoms with Gasteiger partial charge in [-0.25, -0.2) is 9.78 Å². The van der Waals surface area contributed by atoms with Gasteiger partial charge in [-0.05, 0) is 0 Å². The van der Waals surface area contributed by atoms with Crippen molar-refractivity contribution in [3.05, 3.63) is 0 Å². The molecule has 0 amide bonds. The Hall–Kier alpha value is -0.810. The van der Waals surface area contributed by atoms with E-state index in [1.165, 1.54) is 0 Å². The second kappa shape index (κ2) is 1.11. The van der Waals surface area contributed by atoms with Gasteiger partial charge in [-0.2, -0.15) is 4.79 Å². The Balaban J connectivity index is 2.37. The van der Waals surface area contributed by atoms with Crippen molar-refractivity contribution in [3.8, 4) is 0 Å². The number of carbonyl (C=O) groups excluding carboxylic acids is 1. The largest absolute Gasteiger partial charge is 0.577 e. The van der Waals surface area contributed by atoms with Crippen LogP contribution in [0.25, 0.3) is 0 Å². The fourth-order valence-corrected chi connectivity index (χ4v) is 0.0972. The molecule has 1 rings (SSSR count). The summed E-state index contributed by atoms with van der Waals surface area (Å²) in [6.07, 6.45) is -0.991. The smallest absolute Gasteiger partial charge is 0.223 e. The molecule has 0 aromatic heterocycles. The summed E-state index contributed by atoms with van der Waals surface area (Å²) in [4.78, 5) is 16.7. The monoisotopic (exact) mass is 92.0 g/mol. The molecule has 0 bridgehead atoms. The maximum atomic E-state index is 9.55. The average molecular weight is 92.0 g/mol. The highest BCUT2D eigenvalue weighted by Crippen LogP contribution is 1.96. The summed E-state index contributed by atoms with van der Waals surface area (Å²) in [5, 5.41) is 6.97. The second-order valence-electron chi connectivity index (χ2n) is 0.553. The lowest BCUT2D eigenvalue weighted by molar-refractivity contribution is -0.532. The Morgan fingerprint density at radius 2 is 1.67 bits per heavy atom. The van der Waals surface area contributed by atoms with Crippen LogP contribution in [0.3, 0.4) is 0 Å². The Labute approximate surface area is 32.1 Å². The van der Waals surface area contributed by atoms with E-state index in [0.717, 1.165) is 0 Å². The molecule has 0 unspecified atom stereocenters. The number of hydrogen-bond donors (Lipinski definition) is 0. The molecule has 0 spiro atoms. The van der Waals surface area contributed by atoms with E-state index < -0.39 is 6.16 Å². The number of rotatable bonds is 0. The molecule has 0 N–H and O–H groups in total. The summed E-state index contributed by atoms with van der Waals surface area (Å²) in [5.74, 6) is 0. The third-order valence-corrected chi connectivity index (χ3v) is 0.232. The predicted molar refractivity (Wildman–Crippen MR) is 9.74 cm³/mol. The van der Waals surface area contributed by atoms with E-state index in [1.54, 1.807) is 0 Å². The lowest BCUT2D eigenvalue weighted by Crippen LogP contribution is -1.87. The molecule has 1 saturated heterocycles. The first kappa shape index (κ1) is 3.38. The Bertz CT molecular complexity index is 58.3. The van der Waals surface area contributed by atoms with Crippen molar-refractivity contribution in [1.29, 1.82) is 0 Å². The van der Waals surface area contributed by atoms with Crippen molar-refractivity contribution in [2.45, 2.75) is 0 Å². The van der Waals surface area contributed by atoms with Crippen LogP contribution in [0.5, 0.6) is 0 Å². The fraction of sp³-hybridized carbons (Fsp3) is 0. The molecule has 1 fully saturated rings. The van der Waals surface area contributed by atoms with Gasteiger partial charge in [0.1, 0.15) is 0 Å². The van der Waals surface area contributed by atoms with Gasteiger partial charge in [0.25, 0.3) is 0 Å². The molecule has 34 valence electrons. The number of carbonyl (C=O) groups is 1. The van der Waals surface area contributed by atoms with Gasteiger partial charge in [0, 0.05) is 10.1 Å². The molecule has 0 radical (unpaired) electrons. The van der Waals surface area contributed by atoms with Crippen LogP contribution in [0.15, 0.2) is 0 Å². The summed E-state index contributed by atoms with van der Waals surface area (Å²) in [7, 11) is 0. The van der Waals surface area contributed by atoms with E-state index in [1.807, 2.05) is 0 Å². The third-order valence-electron chi connectivity index (χ3n) is 0.232. The van der Waals surface area contributed by atoms with E-state index in [2.05, 4.69) is 19.9 Å². The highest BCUT2D eigenvalue weighted by Gasteiger charge is 2.15. The maximum Gasteiger partial charge on any atom is 0.577 e. The van der Waals surface area contributed by atoms with Crippen LogP contribution in [0.4, 0.5) is 4.79 Å². The zero-order valence-electron chi connectivity index (χ0n) is 2.54. The van der Waals surface area contributed by atoms with Gasteiger partial charge < -0.3 is 0 Å². The minimum Gasteiger partial charge on any atom is -0.223 e. The van der Waals surface area contributed by atoms with E-state index >= 15 is 0 Å². The molecule has 5 heteroatoms. The molecule has 0 saturated carbocycles. The van der Waals surface area contributed by atoms with Crippen LogP contribution in [0.2, 0.25) is 0 Å². The quantitative estimate of drug-likeness (QED) is 0.391. The standard InChI is InChI=1S/CO5/c2-1-3-5-6-4-1. The van der Waals surface area contributed by atoms with Crippen LogP contribution in [-0.4, -0.2) is 6.16 Å². The average Bonchev–Trinajstić information content (AvgIpc) is 1.86. The van der Waals surface area contributed by atoms with Crippen LogP contribution >= 0.6 is 0 Å². The minimum atomic E-state index is -0.991. The molecule has 0 atom stereocenters. The zero-order chi connectivity index (χ0) is 4.41. The maximum absolute atomic E-state index is 9.55. The molecule has 1 aliphatic rings. The Morgan fingerprint density at radius 3 is 1.83 bits per heavy atom. The van der Waals surface area contributed by atoms with Crippen molar-refractivity contribution in [2.75, 3.05) is 0 Å². The third kappa shape index (κ3) is 0.399. The fourth-order valence-electron chi connectivity index (χ4n) is 0.0972. The predicted octanol–water partition coefficient (Wildman–Crippen LogP) is -0.0686. The summed E-state index contributed by atoms with van der Waals surface area (Å²) in [6, 6.07) is 0. The first-order valence-corrected chi connectivity index (χ1v) is 1.11. The molecule has 0 aromatic rings. The Kier molecular flexibility index (Phi) is 0.627. The highest BCUT2D eigenvalue weighted by atomic mass is 17.7. The Morgan fingerprint density at radius 1 is 1.17 bits per heavy atom. The van der Waals surface area contributed by atoms with Crippen LogP contribution < -0.4 is 0 Å². The van der Waals surface area contributed by atoms with E-state index in [4.69, 9.17) is 0 Å². The van der Waals surface area contributed by atoms with Crippen molar-refractivity contribution in [1.82, 2.24) is 0 Å². The van der Waals surface area contributed by atoms with Crippen molar-refractivity contribution in [3.63, 3.8) is 0 Å².